The summed E-state index contributed by atoms with van der Waals surface area (Å²) >= 11 is 6.10. The second-order valence-electron chi connectivity index (χ2n) is 4.88. The Balaban J connectivity index is 2.01. The molecule has 0 bridgehead atoms. The standard InChI is InChI=1S/C15H17ClFN3/c1-10(2)13-14(16)19-9-20-15(13)18-8-7-11-3-5-12(17)6-4-11/h3-6,9-10H,7-8H2,1-2H3,(H,18,19,20). The van der Waals surface area contributed by atoms with Crippen molar-refractivity contribution in [1.82, 2.24) is 9.97 Å². The van der Waals surface area contributed by atoms with Crippen molar-refractivity contribution in [3.63, 3.8) is 0 Å². The van der Waals surface area contributed by atoms with Gasteiger partial charge in [-0.1, -0.05) is 37.6 Å². The van der Waals surface area contributed by atoms with E-state index in [1.165, 1.54) is 18.5 Å². The van der Waals surface area contributed by atoms with E-state index in [0.29, 0.717) is 11.7 Å². The van der Waals surface area contributed by atoms with Gasteiger partial charge < -0.3 is 5.32 Å². The predicted molar refractivity (Wildman–Crippen MR) is 79.7 cm³/mol. The van der Waals surface area contributed by atoms with Crippen molar-refractivity contribution in [1.29, 1.82) is 0 Å². The third-order valence-electron chi connectivity index (χ3n) is 3.03. The average Bonchev–Trinajstić information content (AvgIpc) is 2.40. The zero-order chi connectivity index (χ0) is 14.5. The van der Waals surface area contributed by atoms with Gasteiger partial charge in [-0.2, -0.15) is 0 Å². The molecule has 2 rings (SSSR count). The van der Waals surface area contributed by atoms with Crippen LogP contribution in [0, 0.1) is 5.82 Å². The van der Waals surface area contributed by atoms with Gasteiger partial charge in [0.05, 0.1) is 0 Å². The molecule has 1 aromatic heterocycles. The Kier molecular flexibility index (Phi) is 4.90. The Morgan fingerprint density at radius 2 is 1.90 bits per heavy atom. The van der Waals surface area contributed by atoms with Crippen LogP contribution in [0.15, 0.2) is 30.6 Å². The van der Waals surface area contributed by atoms with E-state index in [1.54, 1.807) is 12.1 Å². The van der Waals surface area contributed by atoms with Crippen molar-refractivity contribution in [2.45, 2.75) is 26.2 Å². The minimum absolute atomic E-state index is 0.216. The van der Waals surface area contributed by atoms with Crippen molar-refractivity contribution in [2.75, 3.05) is 11.9 Å². The molecule has 0 saturated heterocycles. The number of hydrogen-bond donors (Lipinski definition) is 1. The maximum atomic E-state index is 12.8. The zero-order valence-electron chi connectivity index (χ0n) is 11.5. The number of halogens is 2. The highest BCUT2D eigenvalue weighted by Gasteiger charge is 2.12. The van der Waals surface area contributed by atoms with Crippen molar-refractivity contribution >= 4 is 17.4 Å². The number of rotatable bonds is 5. The molecule has 0 aliphatic carbocycles. The smallest absolute Gasteiger partial charge is 0.138 e. The van der Waals surface area contributed by atoms with Crippen LogP contribution >= 0.6 is 11.6 Å². The quantitative estimate of drug-likeness (QED) is 0.845. The largest absolute Gasteiger partial charge is 0.369 e. The molecule has 0 fully saturated rings. The Labute approximate surface area is 123 Å². The minimum Gasteiger partial charge on any atom is -0.369 e. The molecule has 0 saturated carbocycles. The van der Waals surface area contributed by atoms with Gasteiger partial charge in [0.2, 0.25) is 0 Å². The summed E-state index contributed by atoms with van der Waals surface area (Å²) in [5, 5.41) is 3.75. The number of benzene rings is 1. The SMILES string of the molecule is CC(C)c1c(Cl)ncnc1NCCc1ccc(F)cc1. The number of hydrogen-bond acceptors (Lipinski definition) is 3. The van der Waals surface area contributed by atoms with E-state index < -0.39 is 0 Å². The zero-order valence-corrected chi connectivity index (χ0v) is 12.3. The summed E-state index contributed by atoms with van der Waals surface area (Å²) < 4.78 is 12.8. The minimum atomic E-state index is -0.216. The summed E-state index contributed by atoms with van der Waals surface area (Å²) in [6.07, 6.45) is 2.24. The fourth-order valence-corrected chi connectivity index (χ4v) is 2.35. The van der Waals surface area contributed by atoms with E-state index in [2.05, 4.69) is 29.1 Å². The first kappa shape index (κ1) is 14.7. The predicted octanol–water partition coefficient (Wildman–Crippen LogP) is 4.05. The Bertz CT molecular complexity index is 570. The van der Waals surface area contributed by atoms with Crippen LogP contribution in [0.5, 0.6) is 0 Å². The molecular weight excluding hydrogens is 277 g/mol. The number of aromatic nitrogens is 2. The molecule has 0 unspecified atom stereocenters. The lowest BCUT2D eigenvalue weighted by Crippen LogP contribution is -2.10. The van der Waals surface area contributed by atoms with E-state index in [-0.39, 0.29) is 11.7 Å². The molecule has 0 aliphatic rings. The van der Waals surface area contributed by atoms with Gasteiger partial charge in [0.1, 0.15) is 23.1 Å². The van der Waals surface area contributed by atoms with Crippen molar-refractivity contribution in [2.24, 2.45) is 0 Å². The first-order valence-electron chi connectivity index (χ1n) is 6.56. The molecule has 5 heteroatoms. The van der Waals surface area contributed by atoms with Crippen LogP contribution in [0.25, 0.3) is 0 Å². The topological polar surface area (TPSA) is 37.8 Å². The van der Waals surface area contributed by atoms with E-state index in [4.69, 9.17) is 11.6 Å². The summed E-state index contributed by atoms with van der Waals surface area (Å²) in [6, 6.07) is 6.51. The molecule has 1 heterocycles. The molecule has 20 heavy (non-hydrogen) atoms. The van der Waals surface area contributed by atoms with E-state index in [1.807, 2.05) is 0 Å². The molecule has 2 aromatic rings. The lowest BCUT2D eigenvalue weighted by Gasteiger charge is -2.14. The monoisotopic (exact) mass is 293 g/mol. The molecular formula is C15H17ClFN3. The Morgan fingerprint density at radius 1 is 1.20 bits per heavy atom. The van der Waals surface area contributed by atoms with Crippen LogP contribution in [0.3, 0.4) is 0 Å². The highest BCUT2D eigenvalue weighted by Crippen LogP contribution is 2.27. The highest BCUT2D eigenvalue weighted by atomic mass is 35.5. The Morgan fingerprint density at radius 3 is 2.55 bits per heavy atom. The average molecular weight is 294 g/mol. The first-order valence-corrected chi connectivity index (χ1v) is 6.94. The lowest BCUT2D eigenvalue weighted by atomic mass is 10.1. The van der Waals surface area contributed by atoms with E-state index in [9.17, 15) is 4.39 Å². The van der Waals surface area contributed by atoms with Gasteiger partial charge in [-0.25, -0.2) is 14.4 Å². The molecule has 0 radical (unpaired) electrons. The van der Waals surface area contributed by atoms with Crippen molar-refractivity contribution < 1.29 is 4.39 Å². The van der Waals surface area contributed by atoms with Crippen molar-refractivity contribution in [3.05, 3.63) is 52.7 Å². The summed E-state index contributed by atoms with van der Waals surface area (Å²) in [5.41, 5.74) is 2.00. The molecule has 1 N–H and O–H groups in total. The third-order valence-corrected chi connectivity index (χ3v) is 3.33. The Hall–Kier alpha value is -1.68. The molecule has 0 spiro atoms. The van der Waals surface area contributed by atoms with Crippen LogP contribution < -0.4 is 5.32 Å². The first-order chi connectivity index (χ1) is 9.58. The molecule has 106 valence electrons. The summed E-state index contributed by atoms with van der Waals surface area (Å²) in [7, 11) is 0. The van der Waals surface area contributed by atoms with E-state index >= 15 is 0 Å². The molecule has 0 atom stereocenters. The van der Waals surface area contributed by atoms with Crippen LogP contribution in [-0.2, 0) is 6.42 Å². The van der Waals surface area contributed by atoms with Gasteiger partial charge >= 0.3 is 0 Å². The van der Waals surface area contributed by atoms with Gasteiger partial charge in [0.25, 0.3) is 0 Å². The van der Waals surface area contributed by atoms with Gasteiger partial charge in [-0.3, -0.25) is 0 Å². The molecule has 3 nitrogen and oxygen atoms in total. The van der Waals surface area contributed by atoms with Gasteiger partial charge in [0, 0.05) is 12.1 Å². The third kappa shape index (κ3) is 3.67. The second kappa shape index (κ2) is 6.66. The number of nitrogens with one attached hydrogen (secondary N) is 1. The maximum absolute atomic E-state index is 12.8. The highest BCUT2D eigenvalue weighted by molar-refractivity contribution is 6.30. The van der Waals surface area contributed by atoms with Crippen LogP contribution in [0.2, 0.25) is 5.15 Å². The molecule has 0 amide bonds. The van der Waals surface area contributed by atoms with Gasteiger partial charge in [-0.15, -0.1) is 0 Å². The molecule has 1 aromatic carbocycles. The number of nitrogens with zero attached hydrogens (tertiary/aromatic N) is 2. The van der Waals surface area contributed by atoms with Gasteiger partial charge in [-0.05, 0) is 30.0 Å². The van der Waals surface area contributed by atoms with Crippen LogP contribution in [-0.4, -0.2) is 16.5 Å². The van der Waals surface area contributed by atoms with Crippen LogP contribution in [0.4, 0.5) is 10.2 Å². The van der Waals surface area contributed by atoms with Crippen molar-refractivity contribution in [3.8, 4) is 0 Å². The fraction of sp³-hybridized carbons (Fsp3) is 0.333. The van der Waals surface area contributed by atoms with Crippen LogP contribution in [0.1, 0.15) is 30.9 Å². The number of anilines is 1. The molecule has 0 aliphatic heterocycles. The maximum Gasteiger partial charge on any atom is 0.138 e. The summed E-state index contributed by atoms with van der Waals surface area (Å²) in [6.45, 7) is 4.81. The summed E-state index contributed by atoms with van der Waals surface area (Å²) in [5.74, 6) is 0.797. The summed E-state index contributed by atoms with van der Waals surface area (Å²) in [4.78, 5) is 8.25. The normalized spacial score (nSPS) is 10.8. The van der Waals surface area contributed by atoms with E-state index in [0.717, 1.165) is 23.4 Å². The van der Waals surface area contributed by atoms with Gasteiger partial charge in [0.15, 0.2) is 0 Å². The second-order valence-corrected chi connectivity index (χ2v) is 5.24. The lowest BCUT2D eigenvalue weighted by molar-refractivity contribution is 0.627. The fourth-order valence-electron chi connectivity index (χ4n) is 2.00.